The molecule has 0 unspecified atom stereocenters. The van der Waals surface area contributed by atoms with E-state index < -0.39 is 59.4 Å². The number of aromatic amines is 1. The largest absolute Gasteiger partial charge is 0.453 e. The zero-order valence-corrected chi connectivity index (χ0v) is 16.4. The Labute approximate surface area is 178 Å². The molecular formula is C20H16FN3O8. The van der Waals surface area contributed by atoms with Crippen LogP contribution in [0.15, 0.2) is 52.2 Å². The number of halogens is 1. The van der Waals surface area contributed by atoms with Crippen LogP contribution in [0.4, 0.5) is 10.1 Å². The summed E-state index contributed by atoms with van der Waals surface area (Å²) in [6.07, 6.45) is -2.32. The van der Waals surface area contributed by atoms with Crippen LogP contribution in [0.25, 0.3) is 0 Å². The van der Waals surface area contributed by atoms with Crippen molar-refractivity contribution in [2.45, 2.75) is 31.5 Å². The van der Waals surface area contributed by atoms with Crippen LogP contribution in [-0.2, 0) is 19.1 Å². The molecule has 2 aliphatic rings. The van der Waals surface area contributed by atoms with Gasteiger partial charge in [-0.3, -0.25) is 23.9 Å². The van der Waals surface area contributed by atoms with E-state index in [1.54, 1.807) is 4.98 Å². The highest BCUT2D eigenvalue weighted by Crippen LogP contribution is 2.31. The van der Waals surface area contributed by atoms with Gasteiger partial charge >= 0.3 is 11.7 Å². The highest BCUT2D eigenvalue weighted by Gasteiger charge is 2.45. The fourth-order valence-electron chi connectivity index (χ4n) is 3.48. The summed E-state index contributed by atoms with van der Waals surface area (Å²) in [4.78, 5) is 62.2. The summed E-state index contributed by atoms with van der Waals surface area (Å²) in [6.45, 7) is 1.47. The summed E-state index contributed by atoms with van der Waals surface area (Å²) in [5.41, 5.74) is -2.09. The minimum absolute atomic E-state index is 0.00916. The summed E-state index contributed by atoms with van der Waals surface area (Å²) in [7, 11) is 0. The van der Waals surface area contributed by atoms with E-state index in [9.17, 15) is 33.5 Å². The van der Waals surface area contributed by atoms with Crippen LogP contribution < -0.4 is 16.1 Å². The summed E-state index contributed by atoms with van der Waals surface area (Å²) in [6, 6.07) is 5.57. The number of hydrogen-bond donors (Lipinski definition) is 2. The smallest absolute Gasteiger partial charge is 0.338 e. The van der Waals surface area contributed by atoms with Gasteiger partial charge in [0.25, 0.3) is 17.4 Å². The molecule has 1 aromatic carbocycles. The van der Waals surface area contributed by atoms with E-state index in [0.717, 1.165) is 17.1 Å². The number of carbonyl (C=O) groups is 3. The van der Waals surface area contributed by atoms with Crippen molar-refractivity contribution in [3.63, 3.8) is 0 Å². The molecule has 0 saturated carbocycles. The third-order valence-corrected chi connectivity index (χ3v) is 5.04. The molecule has 2 aliphatic heterocycles. The first kappa shape index (κ1) is 21.3. The van der Waals surface area contributed by atoms with Crippen molar-refractivity contribution >= 4 is 23.5 Å². The Morgan fingerprint density at radius 2 is 1.88 bits per heavy atom. The van der Waals surface area contributed by atoms with Gasteiger partial charge in [-0.15, -0.1) is 0 Å². The van der Waals surface area contributed by atoms with Crippen molar-refractivity contribution in [3.05, 3.63) is 74.8 Å². The van der Waals surface area contributed by atoms with Gasteiger partial charge in [0, 0.05) is 12.2 Å². The zero-order chi connectivity index (χ0) is 23.2. The maximum atomic E-state index is 13.6. The third-order valence-electron chi connectivity index (χ3n) is 5.04. The molecule has 166 valence electrons. The lowest BCUT2D eigenvalue weighted by molar-refractivity contribution is -0.120. The van der Waals surface area contributed by atoms with Gasteiger partial charge in [0.05, 0.1) is 23.6 Å². The average Bonchev–Trinajstić information content (AvgIpc) is 3.23. The molecule has 0 bridgehead atoms. The first-order valence-corrected chi connectivity index (χ1v) is 9.39. The van der Waals surface area contributed by atoms with Crippen LogP contribution in [0.3, 0.4) is 0 Å². The van der Waals surface area contributed by atoms with Crippen LogP contribution >= 0.6 is 0 Å². The topological polar surface area (TPSA) is 148 Å². The Kier molecular flexibility index (Phi) is 5.32. The van der Waals surface area contributed by atoms with Crippen molar-refractivity contribution < 1.29 is 33.4 Å². The van der Waals surface area contributed by atoms with Crippen LogP contribution in [0.2, 0.25) is 0 Å². The quantitative estimate of drug-likeness (QED) is 0.478. The lowest BCUT2D eigenvalue weighted by atomic mass is 10.1. The van der Waals surface area contributed by atoms with Gasteiger partial charge < -0.3 is 14.6 Å². The lowest BCUT2D eigenvalue weighted by Crippen LogP contribution is -2.40. The number of amides is 2. The van der Waals surface area contributed by atoms with Gasteiger partial charge in [0.1, 0.15) is 6.10 Å². The second-order valence-electron chi connectivity index (χ2n) is 7.13. The Hall–Kier alpha value is -3.90. The highest BCUT2D eigenvalue weighted by molar-refractivity contribution is 6.28. The van der Waals surface area contributed by atoms with E-state index in [-0.39, 0.29) is 11.3 Å². The minimum atomic E-state index is -1.56. The van der Waals surface area contributed by atoms with E-state index >= 15 is 0 Å². The van der Waals surface area contributed by atoms with Crippen molar-refractivity contribution in [3.8, 4) is 0 Å². The number of imide groups is 1. The molecule has 0 radical (unpaired) electrons. The van der Waals surface area contributed by atoms with Gasteiger partial charge in [0.15, 0.2) is 12.3 Å². The number of nitrogens with one attached hydrogen (secondary N) is 1. The van der Waals surface area contributed by atoms with Crippen LogP contribution in [0.1, 0.15) is 23.5 Å². The normalized spacial score (nSPS) is 24.9. The maximum Gasteiger partial charge on any atom is 0.338 e. The molecule has 4 rings (SSSR count). The number of anilines is 1. The van der Waals surface area contributed by atoms with Gasteiger partial charge in [-0.05, 0) is 25.1 Å². The van der Waals surface area contributed by atoms with Gasteiger partial charge in [-0.2, -0.15) is 4.39 Å². The molecule has 32 heavy (non-hydrogen) atoms. The second-order valence-corrected chi connectivity index (χ2v) is 7.13. The molecule has 1 saturated heterocycles. The monoisotopic (exact) mass is 445 g/mol. The van der Waals surface area contributed by atoms with Gasteiger partial charge in [-0.25, -0.2) is 14.5 Å². The van der Waals surface area contributed by atoms with Gasteiger partial charge in [-0.1, -0.05) is 6.07 Å². The molecule has 2 aromatic rings. The number of aliphatic hydroxyl groups excluding tert-OH is 1. The van der Waals surface area contributed by atoms with Crippen LogP contribution in [-0.4, -0.2) is 50.8 Å². The number of ether oxygens (including phenoxy) is 2. The number of nitrogens with zero attached hydrogens (tertiary/aromatic N) is 2. The Bertz CT molecular complexity index is 1250. The average molecular weight is 445 g/mol. The van der Waals surface area contributed by atoms with E-state index in [2.05, 4.69) is 0 Å². The van der Waals surface area contributed by atoms with E-state index in [1.165, 1.54) is 31.2 Å². The lowest BCUT2D eigenvalue weighted by Gasteiger charge is -2.20. The summed E-state index contributed by atoms with van der Waals surface area (Å²) in [5.74, 6) is -3.27. The summed E-state index contributed by atoms with van der Waals surface area (Å²) >= 11 is 0. The molecule has 1 aromatic heterocycles. The summed E-state index contributed by atoms with van der Waals surface area (Å²) in [5, 5.41) is 10.6. The molecule has 0 aliphatic carbocycles. The maximum absolute atomic E-state index is 13.6. The number of H-pyrrole nitrogens is 1. The Balaban J connectivity index is 1.54. The Morgan fingerprint density at radius 1 is 1.19 bits per heavy atom. The number of hydrogen-bond acceptors (Lipinski definition) is 8. The van der Waals surface area contributed by atoms with Crippen molar-refractivity contribution in [2.75, 3.05) is 4.90 Å². The molecule has 3 heterocycles. The SMILES string of the molecule is C[C@H]1O[C@@H](n2cc(F)c(=O)[nH]c2=O)[C@H](O)[C@@H]1OC(=O)c1cccc(N2C(=O)C=CC2=O)c1. The van der Waals surface area contributed by atoms with Crippen molar-refractivity contribution in [1.29, 1.82) is 0 Å². The zero-order valence-electron chi connectivity index (χ0n) is 16.4. The fraction of sp³-hybridized carbons (Fsp3) is 0.250. The van der Waals surface area contributed by atoms with Crippen LogP contribution in [0.5, 0.6) is 0 Å². The number of rotatable bonds is 4. The number of aliphatic hydroxyl groups is 1. The second kappa shape index (κ2) is 7.98. The molecule has 1 fully saturated rings. The molecule has 2 amide bonds. The minimum Gasteiger partial charge on any atom is -0.453 e. The van der Waals surface area contributed by atoms with E-state index in [0.29, 0.717) is 10.8 Å². The van der Waals surface area contributed by atoms with Crippen molar-refractivity contribution in [1.82, 2.24) is 9.55 Å². The standard InChI is InChI=1S/C20H16FN3O8/c1-9-16(15(27)18(31-9)23-8-12(21)17(28)22-20(23)30)32-19(29)10-3-2-4-11(7-10)24-13(25)5-6-14(24)26/h2-9,15-16,18,27H,1H3,(H,22,28,30)/t9-,15-,16-,18-/m1/s1. The predicted octanol–water partition coefficient (Wildman–Crippen LogP) is -0.391. The van der Waals surface area contributed by atoms with Crippen molar-refractivity contribution in [2.24, 2.45) is 0 Å². The molecule has 4 atom stereocenters. The number of benzene rings is 1. The highest BCUT2D eigenvalue weighted by atomic mass is 19.1. The predicted molar refractivity (Wildman–Crippen MR) is 104 cm³/mol. The Morgan fingerprint density at radius 3 is 2.56 bits per heavy atom. The molecule has 12 heteroatoms. The van der Waals surface area contributed by atoms with Gasteiger partial charge in [0.2, 0.25) is 5.82 Å². The number of esters is 1. The van der Waals surface area contributed by atoms with E-state index in [1.807, 2.05) is 0 Å². The van der Waals surface area contributed by atoms with Crippen LogP contribution in [0, 0.1) is 5.82 Å². The third kappa shape index (κ3) is 3.65. The number of carbonyl (C=O) groups excluding carboxylic acids is 3. The molecule has 11 nitrogen and oxygen atoms in total. The molecular weight excluding hydrogens is 429 g/mol. The molecule has 2 N–H and O–H groups in total. The first-order valence-electron chi connectivity index (χ1n) is 9.39. The first-order chi connectivity index (χ1) is 15.2. The summed E-state index contributed by atoms with van der Waals surface area (Å²) < 4.78 is 25.1. The number of aromatic nitrogens is 2. The van der Waals surface area contributed by atoms with E-state index in [4.69, 9.17) is 9.47 Å². The molecule has 0 spiro atoms. The fourth-order valence-corrected chi connectivity index (χ4v) is 3.48.